The summed E-state index contributed by atoms with van der Waals surface area (Å²) in [7, 11) is 0. The second kappa shape index (κ2) is 6.77. The van der Waals surface area contributed by atoms with Crippen molar-refractivity contribution in [2.45, 2.75) is 38.1 Å². The molecule has 0 aromatic heterocycles. The molecule has 1 aromatic carbocycles. The molecule has 2 unspecified atom stereocenters. The molecule has 0 radical (unpaired) electrons. The van der Waals surface area contributed by atoms with E-state index >= 15 is 0 Å². The minimum atomic E-state index is -4.50. The number of alkyl halides is 3. The van der Waals surface area contributed by atoms with E-state index in [4.69, 9.17) is 15.6 Å². The van der Waals surface area contributed by atoms with Crippen molar-refractivity contribution in [2.24, 2.45) is 5.73 Å². The lowest BCUT2D eigenvalue weighted by atomic mass is 10.1. The van der Waals surface area contributed by atoms with Crippen molar-refractivity contribution >= 4 is 0 Å². The van der Waals surface area contributed by atoms with Gasteiger partial charge >= 0.3 is 6.18 Å². The molecule has 0 saturated heterocycles. The fourth-order valence-electron chi connectivity index (χ4n) is 1.62. The van der Waals surface area contributed by atoms with Crippen LogP contribution in [0.25, 0.3) is 0 Å². The first-order chi connectivity index (χ1) is 8.88. The van der Waals surface area contributed by atoms with E-state index < -0.39 is 18.3 Å². The normalized spacial score (nSPS) is 15.1. The van der Waals surface area contributed by atoms with Gasteiger partial charge in [-0.15, -0.1) is 0 Å². The van der Waals surface area contributed by atoms with Crippen molar-refractivity contribution in [3.05, 3.63) is 29.8 Å². The number of halogens is 3. The molecule has 108 valence electrons. The standard InChI is InChI=1S/C13H18F3NO2/c1-2-11(17)12(13(14,15)16)19-10-5-3-9(4-6-10)7-8-18/h3-6,11-12,18H,2,7-8,17H2,1H3. The van der Waals surface area contributed by atoms with Gasteiger partial charge in [0.1, 0.15) is 5.75 Å². The third-order valence-electron chi connectivity index (χ3n) is 2.77. The van der Waals surface area contributed by atoms with E-state index in [0.717, 1.165) is 5.56 Å². The molecular formula is C13H18F3NO2. The largest absolute Gasteiger partial charge is 0.479 e. The number of hydrogen-bond acceptors (Lipinski definition) is 3. The Hall–Kier alpha value is -1.27. The molecule has 0 heterocycles. The van der Waals surface area contributed by atoms with Crippen LogP contribution in [0, 0.1) is 0 Å². The van der Waals surface area contributed by atoms with Crippen molar-refractivity contribution in [1.82, 2.24) is 0 Å². The molecule has 1 rings (SSSR count). The Morgan fingerprint density at radius 3 is 2.26 bits per heavy atom. The number of aliphatic hydroxyl groups excluding tert-OH is 1. The highest BCUT2D eigenvalue weighted by atomic mass is 19.4. The molecule has 2 atom stereocenters. The van der Waals surface area contributed by atoms with Crippen LogP contribution in [0.3, 0.4) is 0 Å². The maximum absolute atomic E-state index is 12.8. The summed E-state index contributed by atoms with van der Waals surface area (Å²) in [5.41, 5.74) is 6.28. The predicted molar refractivity (Wildman–Crippen MR) is 66.0 cm³/mol. The first-order valence-corrected chi connectivity index (χ1v) is 6.07. The van der Waals surface area contributed by atoms with Gasteiger partial charge in [-0.2, -0.15) is 13.2 Å². The van der Waals surface area contributed by atoms with Gasteiger partial charge < -0.3 is 15.6 Å². The zero-order valence-electron chi connectivity index (χ0n) is 10.7. The Kier molecular flexibility index (Phi) is 5.62. The van der Waals surface area contributed by atoms with Gasteiger partial charge in [0.25, 0.3) is 0 Å². The van der Waals surface area contributed by atoms with Gasteiger partial charge in [-0.3, -0.25) is 0 Å². The van der Waals surface area contributed by atoms with Gasteiger partial charge in [-0.1, -0.05) is 19.1 Å². The molecule has 3 nitrogen and oxygen atoms in total. The average Bonchev–Trinajstić information content (AvgIpc) is 2.36. The van der Waals surface area contributed by atoms with E-state index in [2.05, 4.69) is 0 Å². The molecule has 0 aliphatic heterocycles. The van der Waals surface area contributed by atoms with E-state index in [-0.39, 0.29) is 18.8 Å². The zero-order chi connectivity index (χ0) is 14.5. The van der Waals surface area contributed by atoms with Crippen molar-refractivity contribution in [3.63, 3.8) is 0 Å². The summed E-state index contributed by atoms with van der Waals surface area (Å²) in [5.74, 6) is 0.118. The summed E-state index contributed by atoms with van der Waals surface area (Å²) in [6.45, 7) is 1.57. The summed E-state index contributed by atoms with van der Waals surface area (Å²) >= 11 is 0. The average molecular weight is 277 g/mol. The topological polar surface area (TPSA) is 55.5 Å². The Morgan fingerprint density at radius 2 is 1.84 bits per heavy atom. The Bertz CT molecular complexity index is 378. The smallest absolute Gasteiger partial charge is 0.426 e. The van der Waals surface area contributed by atoms with Crippen molar-refractivity contribution in [3.8, 4) is 5.75 Å². The van der Waals surface area contributed by atoms with E-state index in [0.29, 0.717) is 6.42 Å². The zero-order valence-corrected chi connectivity index (χ0v) is 10.7. The Morgan fingerprint density at radius 1 is 1.26 bits per heavy atom. The fraction of sp³-hybridized carbons (Fsp3) is 0.538. The van der Waals surface area contributed by atoms with Gasteiger partial charge in [-0.05, 0) is 30.5 Å². The maximum Gasteiger partial charge on any atom is 0.426 e. The molecule has 0 amide bonds. The highest BCUT2D eigenvalue weighted by molar-refractivity contribution is 5.27. The van der Waals surface area contributed by atoms with Crippen LogP contribution in [-0.4, -0.2) is 30.0 Å². The molecule has 0 saturated carbocycles. The van der Waals surface area contributed by atoms with Crippen molar-refractivity contribution < 1.29 is 23.0 Å². The molecule has 19 heavy (non-hydrogen) atoms. The molecule has 1 aromatic rings. The Labute approximate surface area is 110 Å². The van der Waals surface area contributed by atoms with Crippen LogP contribution in [0.1, 0.15) is 18.9 Å². The summed E-state index contributed by atoms with van der Waals surface area (Å²) in [4.78, 5) is 0. The third-order valence-corrected chi connectivity index (χ3v) is 2.77. The van der Waals surface area contributed by atoms with Crippen LogP contribution in [0.2, 0.25) is 0 Å². The second-order valence-corrected chi connectivity index (χ2v) is 4.27. The van der Waals surface area contributed by atoms with Crippen molar-refractivity contribution in [2.75, 3.05) is 6.61 Å². The Balaban J connectivity index is 2.79. The van der Waals surface area contributed by atoms with Crippen LogP contribution in [-0.2, 0) is 6.42 Å². The van der Waals surface area contributed by atoms with E-state index in [1.54, 1.807) is 19.1 Å². The van der Waals surface area contributed by atoms with Gasteiger partial charge in [0.15, 0.2) is 0 Å². The SMILES string of the molecule is CCC(N)C(Oc1ccc(CCO)cc1)C(F)(F)F. The maximum atomic E-state index is 12.8. The third kappa shape index (κ3) is 4.72. The quantitative estimate of drug-likeness (QED) is 0.838. The monoisotopic (exact) mass is 277 g/mol. The number of ether oxygens (including phenoxy) is 1. The lowest BCUT2D eigenvalue weighted by molar-refractivity contribution is -0.200. The first kappa shape index (κ1) is 15.8. The summed E-state index contributed by atoms with van der Waals surface area (Å²) in [6, 6.07) is 5.04. The lowest BCUT2D eigenvalue weighted by Crippen LogP contribution is -2.48. The summed E-state index contributed by atoms with van der Waals surface area (Å²) < 4.78 is 43.4. The van der Waals surface area contributed by atoms with Gasteiger partial charge in [0.2, 0.25) is 6.10 Å². The predicted octanol–water partition coefficient (Wildman–Crippen LogP) is 2.27. The fourth-order valence-corrected chi connectivity index (χ4v) is 1.62. The minimum Gasteiger partial charge on any atom is -0.479 e. The number of nitrogens with two attached hydrogens (primary N) is 1. The van der Waals surface area contributed by atoms with Gasteiger partial charge in [-0.25, -0.2) is 0 Å². The van der Waals surface area contributed by atoms with Gasteiger partial charge in [0, 0.05) is 6.61 Å². The molecule has 0 fully saturated rings. The highest BCUT2D eigenvalue weighted by Crippen LogP contribution is 2.28. The molecule has 0 aliphatic carbocycles. The molecule has 6 heteroatoms. The van der Waals surface area contributed by atoms with Crippen LogP contribution < -0.4 is 10.5 Å². The van der Waals surface area contributed by atoms with Gasteiger partial charge in [0.05, 0.1) is 6.04 Å². The lowest BCUT2D eigenvalue weighted by Gasteiger charge is -2.26. The number of rotatable bonds is 6. The van der Waals surface area contributed by atoms with Crippen LogP contribution in [0.5, 0.6) is 5.75 Å². The minimum absolute atomic E-state index is 0.00785. The first-order valence-electron chi connectivity index (χ1n) is 6.07. The second-order valence-electron chi connectivity index (χ2n) is 4.27. The molecule has 0 bridgehead atoms. The highest BCUT2D eigenvalue weighted by Gasteiger charge is 2.45. The van der Waals surface area contributed by atoms with Crippen LogP contribution >= 0.6 is 0 Å². The number of aliphatic hydroxyl groups is 1. The van der Waals surface area contributed by atoms with E-state index in [9.17, 15) is 13.2 Å². The van der Waals surface area contributed by atoms with Crippen molar-refractivity contribution in [1.29, 1.82) is 0 Å². The van der Waals surface area contributed by atoms with Crippen LogP contribution in [0.15, 0.2) is 24.3 Å². The summed E-state index contributed by atoms with van der Waals surface area (Å²) in [5, 5.41) is 8.75. The van der Waals surface area contributed by atoms with Crippen LogP contribution in [0.4, 0.5) is 13.2 Å². The molecular weight excluding hydrogens is 259 g/mol. The van der Waals surface area contributed by atoms with E-state index in [1.807, 2.05) is 0 Å². The number of hydrogen-bond donors (Lipinski definition) is 2. The van der Waals surface area contributed by atoms with E-state index in [1.165, 1.54) is 12.1 Å². The molecule has 0 aliphatic rings. The molecule has 3 N–H and O–H groups in total. The summed E-state index contributed by atoms with van der Waals surface area (Å²) in [6.07, 6.45) is -5.88. The number of benzene rings is 1. The molecule has 0 spiro atoms.